The molecule has 1 unspecified atom stereocenters. The summed E-state index contributed by atoms with van der Waals surface area (Å²) < 4.78 is 0. The second-order valence-corrected chi connectivity index (χ2v) is 5.46. The van der Waals surface area contributed by atoms with Crippen LogP contribution in [0.4, 0.5) is 0 Å². The monoisotopic (exact) mass is 254 g/mol. The Morgan fingerprint density at radius 3 is 2.16 bits per heavy atom. The topological polar surface area (TPSA) is 20.2 Å². The van der Waals surface area contributed by atoms with Crippen LogP contribution >= 0.6 is 0 Å². The summed E-state index contributed by atoms with van der Waals surface area (Å²) in [5.74, 6) is 0. The molecule has 1 atom stereocenters. The van der Waals surface area contributed by atoms with Crippen LogP contribution in [0, 0.1) is 27.7 Å². The van der Waals surface area contributed by atoms with Crippen molar-refractivity contribution in [3.05, 3.63) is 69.8 Å². The van der Waals surface area contributed by atoms with E-state index in [1.54, 1.807) is 0 Å². The quantitative estimate of drug-likeness (QED) is 0.870. The molecule has 1 heteroatoms. The van der Waals surface area contributed by atoms with E-state index >= 15 is 0 Å². The molecule has 2 aromatic rings. The minimum absolute atomic E-state index is 0.429. The number of aryl methyl sites for hydroxylation is 4. The largest absolute Gasteiger partial charge is 0.388 e. The highest BCUT2D eigenvalue weighted by Crippen LogP contribution is 2.26. The molecule has 0 aliphatic heterocycles. The molecule has 0 aliphatic rings. The molecule has 0 bridgehead atoms. The number of aliphatic hydroxyl groups is 1. The highest BCUT2D eigenvalue weighted by Gasteiger charge is 2.14. The van der Waals surface area contributed by atoms with E-state index in [0.29, 0.717) is 6.42 Å². The van der Waals surface area contributed by atoms with Crippen LogP contribution in [0.3, 0.4) is 0 Å². The molecule has 0 radical (unpaired) electrons. The number of rotatable bonds is 3. The highest BCUT2D eigenvalue weighted by atomic mass is 16.3. The average molecular weight is 254 g/mol. The SMILES string of the molecule is Cc1ccc(C)c(CC(O)c2c(C)cccc2C)c1. The zero-order valence-electron chi connectivity index (χ0n) is 12.2. The summed E-state index contributed by atoms with van der Waals surface area (Å²) in [6, 6.07) is 12.6. The van der Waals surface area contributed by atoms with Gasteiger partial charge in [-0.15, -0.1) is 0 Å². The van der Waals surface area contributed by atoms with Gasteiger partial charge < -0.3 is 5.11 Å². The van der Waals surface area contributed by atoms with Gasteiger partial charge >= 0.3 is 0 Å². The maximum Gasteiger partial charge on any atom is 0.0835 e. The van der Waals surface area contributed by atoms with Crippen molar-refractivity contribution >= 4 is 0 Å². The number of hydrogen-bond donors (Lipinski definition) is 1. The molecule has 100 valence electrons. The van der Waals surface area contributed by atoms with Crippen molar-refractivity contribution in [2.45, 2.75) is 40.2 Å². The summed E-state index contributed by atoms with van der Waals surface area (Å²) in [5, 5.41) is 10.6. The summed E-state index contributed by atoms with van der Waals surface area (Å²) in [4.78, 5) is 0. The highest BCUT2D eigenvalue weighted by molar-refractivity contribution is 5.38. The molecule has 2 rings (SSSR count). The Morgan fingerprint density at radius 2 is 1.53 bits per heavy atom. The molecule has 1 N–H and O–H groups in total. The summed E-state index contributed by atoms with van der Waals surface area (Å²) in [5.41, 5.74) is 7.12. The van der Waals surface area contributed by atoms with Gasteiger partial charge in [-0.2, -0.15) is 0 Å². The van der Waals surface area contributed by atoms with E-state index in [-0.39, 0.29) is 0 Å². The van der Waals surface area contributed by atoms with Gasteiger partial charge in [0.25, 0.3) is 0 Å². The lowest BCUT2D eigenvalue weighted by atomic mass is 9.92. The molecule has 2 aromatic carbocycles. The summed E-state index contributed by atoms with van der Waals surface area (Å²) in [7, 11) is 0. The Balaban J connectivity index is 2.31. The second kappa shape index (κ2) is 5.58. The lowest BCUT2D eigenvalue weighted by Crippen LogP contribution is -2.07. The molecule has 0 saturated heterocycles. The zero-order valence-corrected chi connectivity index (χ0v) is 12.2. The van der Waals surface area contributed by atoms with E-state index in [2.05, 4.69) is 58.0 Å². The minimum Gasteiger partial charge on any atom is -0.388 e. The third-order valence-electron chi connectivity index (χ3n) is 3.79. The van der Waals surface area contributed by atoms with Crippen LogP contribution in [0.5, 0.6) is 0 Å². The number of hydrogen-bond acceptors (Lipinski definition) is 1. The predicted molar refractivity (Wildman–Crippen MR) is 80.5 cm³/mol. The molecule has 1 nitrogen and oxygen atoms in total. The first-order valence-electron chi connectivity index (χ1n) is 6.79. The first kappa shape index (κ1) is 13.8. The van der Waals surface area contributed by atoms with Gasteiger partial charge in [-0.25, -0.2) is 0 Å². The lowest BCUT2D eigenvalue weighted by Gasteiger charge is -2.18. The number of benzene rings is 2. The van der Waals surface area contributed by atoms with Gasteiger partial charge in [0.2, 0.25) is 0 Å². The first-order valence-corrected chi connectivity index (χ1v) is 6.79. The third-order valence-corrected chi connectivity index (χ3v) is 3.79. The summed E-state index contributed by atoms with van der Waals surface area (Å²) >= 11 is 0. The fourth-order valence-corrected chi connectivity index (χ4v) is 2.68. The van der Waals surface area contributed by atoms with Crippen molar-refractivity contribution in [2.75, 3.05) is 0 Å². The van der Waals surface area contributed by atoms with E-state index in [1.165, 1.54) is 16.7 Å². The zero-order chi connectivity index (χ0) is 14.0. The number of aliphatic hydroxyl groups excluding tert-OH is 1. The molecule has 0 aliphatic carbocycles. The van der Waals surface area contributed by atoms with Gasteiger partial charge in [0.05, 0.1) is 6.10 Å². The van der Waals surface area contributed by atoms with E-state index in [1.807, 2.05) is 6.07 Å². The Bertz CT molecular complexity index is 564. The molecule has 0 amide bonds. The van der Waals surface area contributed by atoms with Crippen molar-refractivity contribution < 1.29 is 5.11 Å². The van der Waals surface area contributed by atoms with Crippen LogP contribution in [-0.2, 0) is 6.42 Å². The first-order chi connectivity index (χ1) is 8.99. The maximum absolute atomic E-state index is 10.6. The van der Waals surface area contributed by atoms with E-state index in [0.717, 1.165) is 16.7 Å². The third kappa shape index (κ3) is 3.05. The van der Waals surface area contributed by atoms with Crippen LogP contribution in [-0.4, -0.2) is 5.11 Å². The fourth-order valence-electron chi connectivity index (χ4n) is 2.68. The second-order valence-electron chi connectivity index (χ2n) is 5.46. The van der Waals surface area contributed by atoms with Crippen LogP contribution in [0.25, 0.3) is 0 Å². The molecule has 0 spiro atoms. The Morgan fingerprint density at radius 1 is 0.895 bits per heavy atom. The average Bonchev–Trinajstić information content (AvgIpc) is 2.33. The van der Waals surface area contributed by atoms with Crippen LogP contribution in [0.15, 0.2) is 36.4 Å². The van der Waals surface area contributed by atoms with Crippen molar-refractivity contribution in [2.24, 2.45) is 0 Å². The van der Waals surface area contributed by atoms with E-state index in [9.17, 15) is 5.11 Å². The maximum atomic E-state index is 10.6. The van der Waals surface area contributed by atoms with Crippen LogP contribution < -0.4 is 0 Å². The normalized spacial score (nSPS) is 12.5. The van der Waals surface area contributed by atoms with Gasteiger partial charge in [-0.05, 0) is 55.5 Å². The fraction of sp³-hybridized carbons (Fsp3) is 0.333. The van der Waals surface area contributed by atoms with Gasteiger partial charge in [0.1, 0.15) is 0 Å². The van der Waals surface area contributed by atoms with E-state index < -0.39 is 6.10 Å². The van der Waals surface area contributed by atoms with Gasteiger partial charge in [0.15, 0.2) is 0 Å². The summed E-state index contributed by atoms with van der Waals surface area (Å²) in [6.07, 6.45) is 0.251. The van der Waals surface area contributed by atoms with Gasteiger partial charge in [-0.1, -0.05) is 42.0 Å². The standard InChI is InChI=1S/C18H22O/c1-12-8-9-13(2)16(10-12)11-17(19)18-14(3)6-5-7-15(18)4/h5-10,17,19H,11H2,1-4H3. The van der Waals surface area contributed by atoms with Gasteiger partial charge in [-0.3, -0.25) is 0 Å². The van der Waals surface area contributed by atoms with Crippen molar-refractivity contribution in [1.82, 2.24) is 0 Å². The molecular weight excluding hydrogens is 232 g/mol. The Hall–Kier alpha value is -1.60. The molecule has 0 saturated carbocycles. The molecule has 19 heavy (non-hydrogen) atoms. The van der Waals surface area contributed by atoms with Crippen molar-refractivity contribution in [3.8, 4) is 0 Å². The Labute approximate surface area is 115 Å². The van der Waals surface area contributed by atoms with E-state index in [4.69, 9.17) is 0 Å². The molecular formula is C18H22O. The molecule has 0 heterocycles. The minimum atomic E-state index is -0.429. The molecule has 0 aromatic heterocycles. The van der Waals surface area contributed by atoms with Crippen LogP contribution in [0.1, 0.15) is 39.5 Å². The predicted octanol–water partition coefficient (Wildman–Crippen LogP) is 4.20. The van der Waals surface area contributed by atoms with Crippen molar-refractivity contribution in [1.29, 1.82) is 0 Å². The lowest BCUT2D eigenvalue weighted by molar-refractivity contribution is 0.177. The Kier molecular flexibility index (Phi) is 4.06. The smallest absolute Gasteiger partial charge is 0.0835 e. The van der Waals surface area contributed by atoms with Crippen molar-refractivity contribution in [3.63, 3.8) is 0 Å². The van der Waals surface area contributed by atoms with Crippen LogP contribution in [0.2, 0.25) is 0 Å². The summed E-state index contributed by atoms with van der Waals surface area (Å²) in [6.45, 7) is 8.32. The van der Waals surface area contributed by atoms with Gasteiger partial charge in [0, 0.05) is 6.42 Å². The molecule has 0 fully saturated rings.